The number of benzene rings is 1. The molecular weight excluding hydrogens is 312 g/mol. The van der Waals surface area contributed by atoms with Crippen LogP contribution in [0, 0.1) is 0 Å². The minimum absolute atomic E-state index is 0.716. The van der Waals surface area contributed by atoms with Crippen LogP contribution < -0.4 is 10.2 Å². The summed E-state index contributed by atoms with van der Waals surface area (Å²) in [5.74, 6) is 0.716. The summed E-state index contributed by atoms with van der Waals surface area (Å²) >= 11 is 0. The van der Waals surface area contributed by atoms with E-state index in [-0.39, 0.29) is 0 Å². The zero-order chi connectivity index (χ0) is 17.2. The molecule has 0 fully saturated rings. The number of nitrogens with one attached hydrogen (secondary N) is 1. The van der Waals surface area contributed by atoms with Crippen molar-refractivity contribution in [3.63, 3.8) is 0 Å². The SMILES string of the molecule is CN(C)c1cccc(Nc2nccn3c(-c4cccnc4)cnc23)c1. The van der Waals surface area contributed by atoms with E-state index in [1.54, 1.807) is 12.4 Å². The Morgan fingerprint density at radius 3 is 2.72 bits per heavy atom. The van der Waals surface area contributed by atoms with E-state index < -0.39 is 0 Å². The fourth-order valence-electron chi connectivity index (χ4n) is 2.73. The first-order valence-corrected chi connectivity index (χ1v) is 7.99. The van der Waals surface area contributed by atoms with Gasteiger partial charge in [0.2, 0.25) is 0 Å². The van der Waals surface area contributed by atoms with Crippen LogP contribution >= 0.6 is 0 Å². The number of imidazole rings is 1. The first-order valence-electron chi connectivity index (χ1n) is 7.99. The smallest absolute Gasteiger partial charge is 0.180 e. The highest BCUT2D eigenvalue weighted by Crippen LogP contribution is 2.26. The van der Waals surface area contributed by atoms with Crippen molar-refractivity contribution >= 4 is 22.8 Å². The van der Waals surface area contributed by atoms with Crippen LogP contribution in [0.15, 0.2) is 67.4 Å². The summed E-state index contributed by atoms with van der Waals surface area (Å²) < 4.78 is 2.02. The molecule has 25 heavy (non-hydrogen) atoms. The largest absolute Gasteiger partial charge is 0.378 e. The number of fused-ring (bicyclic) bond motifs is 1. The summed E-state index contributed by atoms with van der Waals surface area (Å²) in [7, 11) is 4.04. The summed E-state index contributed by atoms with van der Waals surface area (Å²) in [6.07, 6.45) is 9.12. The third kappa shape index (κ3) is 2.89. The van der Waals surface area contributed by atoms with Gasteiger partial charge in [-0.1, -0.05) is 6.07 Å². The molecule has 0 atom stereocenters. The Morgan fingerprint density at radius 2 is 1.92 bits per heavy atom. The molecule has 1 aromatic carbocycles. The van der Waals surface area contributed by atoms with E-state index in [4.69, 9.17) is 0 Å². The predicted molar refractivity (Wildman–Crippen MR) is 100 cm³/mol. The minimum atomic E-state index is 0.716. The van der Waals surface area contributed by atoms with Gasteiger partial charge in [-0.25, -0.2) is 9.97 Å². The molecule has 0 spiro atoms. The van der Waals surface area contributed by atoms with Crippen molar-refractivity contribution in [2.45, 2.75) is 0 Å². The molecule has 0 bridgehead atoms. The van der Waals surface area contributed by atoms with Gasteiger partial charge in [-0.2, -0.15) is 0 Å². The number of rotatable bonds is 4. The second kappa shape index (κ2) is 6.24. The maximum absolute atomic E-state index is 4.55. The van der Waals surface area contributed by atoms with Gasteiger partial charge in [0, 0.05) is 55.8 Å². The van der Waals surface area contributed by atoms with Crippen molar-refractivity contribution in [3.8, 4) is 11.3 Å². The van der Waals surface area contributed by atoms with Gasteiger partial charge in [-0.3, -0.25) is 9.38 Å². The van der Waals surface area contributed by atoms with E-state index >= 15 is 0 Å². The molecule has 1 N–H and O–H groups in total. The molecule has 3 heterocycles. The summed E-state index contributed by atoms with van der Waals surface area (Å²) in [6.45, 7) is 0. The van der Waals surface area contributed by atoms with E-state index in [1.165, 1.54) is 0 Å². The number of hydrogen-bond donors (Lipinski definition) is 1. The second-order valence-corrected chi connectivity index (χ2v) is 5.92. The molecule has 124 valence electrons. The molecule has 0 unspecified atom stereocenters. The highest BCUT2D eigenvalue weighted by atomic mass is 15.1. The fourth-order valence-corrected chi connectivity index (χ4v) is 2.73. The van der Waals surface area contributed by atoms with Crippen LogP contribution in [0.2, 0.25) is 0 Å². The Balaban J connectivity index is 1.74. The lowest BCUT2D eigenvalue weighted by Gasteiger charge is -2.14. The van der Waals surface area contributed by atoms with Gasteiger partial charge in [-0.15, -0.1) is 0 Å². The van der Waals surface area contributed by atoms with Gasteiger partial charge >= 0.3 is 0 Å². The van der Waals surface area contributed by atoms with E-state index in [2.05, 4.69) is 37.3 Å². The lowest BCUT2D eigenvalue weighted by atomic mass is 10.2. The summed E-state index contributed by atoms with van der Waals surface area (Å²) in [4.78, 5) is 15.3. The third-order valence-electron chi connectivity index (χ3n) is 4.01. The normalized spacial score (nSPS) is 10.8. The highest BCUT2D eigenvalue weighted by Gasteiger charge is 2.10. The second-order valence-electron chi connectivity index (χ2n) is 5.92. The summed E-state index contributed by atoms with van der Waals surface area (Å²) in [5, 5.41) is 3.37. The van der Waals surface area contributed by atoms with E-state index in [1.807, 2.05) is 61.4 Å². The lowest BCUT2D eigenvalue weighted by molar-refractivity contribution is 1.12. The van der Waals surface area contributed by atoms with E-state index in [0.29, 0.717) is 5.82 Å². The Bertz CT molecular complexity index is 1010. The van der Waals surface area contributed by atoms with Crippen LogP contribution in [0.25, 0.3) is 16.9 Å². The maximum Gasteiger partial charge on any atom is 0.180 e. The van der Waals surface area contributed by atoms with E-state index in [0.717, 1.165) is 28.3 Å². The van der Waals surface area contributed by atoms with Gasteiger partial charge in [0.15, 0.2) is 11.5 Å². The zero-order valence-corrected chi connectivity index (χ0v) is 14.1. The Hall–Kier alpha value is -3.41. The molecule has 0 saturated carbocycles. The molecule has 0 radical (unpaired) electrons. The standard InChI is InChI=1S/C19H18N6/c1-24(2)16-7-3-6-15(11-16)23-18-19-22-13-17(25(19)10-9-21-18)14-5-4-8-20-12-14/h3-13H,1-2H3,(H,21,23). The van der Waals surface area contributed by atoms with Crippen LogP contribution in [0.3, 0.4) is 0 Å². The zero-order valence-electron chi connectivity index (χ0n) is 14.1. The quantitative estimate of drug-likeness (QED) is 0.619. The monoisotopic (exact) mass is 330 g/mol. The molecule has 0 aliphatic carbocycles. The summed E-state index contributed by atoms with van der Waals surface area (Å²) in [6, 6.07) is 12.1. The summed E-state index contributed by atoms with van der Waals surface area (Å²) in [5.41, 5.74) is 4.86. The van der Waals surface area contributed by atoms with Crippen molar-refractivity contribution in [2.75, 3.05) is 24.3 Å². The highest BCUT2D eigenvalue weighted by molar-refractivity contribution is 5.75. The van der Waals surface area contributed by atoms with Crippen LogP contribution in [0.5, 0.6) is 0 Å². The molecule has 0 aliphatic rings. The van der Waals surface area contributed by atoms with Crippen LogP contribution in [0.1, 0.15) is 0 Å². The number of nitrogens with zero attached hydrogens (tertiary/aromatic N) is 5. The molecule has 4 rings (SSSR count). The number of aromatic nitrogens is 4. The maximum atomic E-state index is 4.55. The molecule has 0 amide bonds. The van der Waals surface area contributed by atoms with Crippen molar-refractivity contribution in [1.82, 2.24) is 19.4 Å². The molecule has 3 aromatic heterocycles. The molecule has 0 saturated heterocycles. The Kier molecular flexibility index (Phi) is 3.78. The van der Waals surface area contributed by atoms with Gasteiger partial charge in [0.1, 0.15) is 0 Å². The molecular formula is C19H18N6. The topological polar surface area (TPSA) is 58.4 Å². The van der Waals surface area contributed by atoms with Gasteiger partial charge in [-0.05, 0) is 30.3 Å². The number of anilines is 3. The van der Waals surface area contributed by atoms with Crippen molar-refractivity contribution in [2.24, 2.45) is 0 Å². The van der Waals surface area contributed by atoms with Crippen molar-refractivity contribution < 1.29 is 0 Å². The van der Waals surface area contributed by atoms with Crippen molar-refractivity contribution in [1.29, 1.82) is 0 Å². The van der Waals surface area contributed by atoms with Gasteiger partial charge in [0.05, 0.1) is 11.9 Å². The molecule has 6 heteroatoms. The van der Waals surface area contributed by atoms with E-state index in [9.17, 15) is 0 Å². The average molecular weight is 330 g/mol. The van der Waals surface area contributed by atoms with Gasteiger partial charge < -0.3 is 10.2 Å². The molecule has 0 aliphatic heterocycles. The predicted octanol–water partition coefficient (Wildman–Crippen LogP) is 3.60. The lowest BCUT2D eigenvalue weighted by Crippen LogP contribution is -2.08. The third-order valence-corrected chi connectivity index (χ3v) is 4.01. The first kappa shape index (κ1) is 15.1. The average Bonchev–Trinajstić information content (AvgIpc) is 3.08. The number of hydrogen-bond acceptors (Lipinski definition) is 5. The molecule has 4 aromatic rings. The molecule has 6 nitrogen and oxygen atoms in total. The Morgan fingerprint density at radius 1 is 1.00 bits per heavy atom. The Labute approximate surface area is 145 Å². The van der Waals surface area contributed by atoms with Crippen LogP contribution in [0.4, 0.5) is 17.2 Å². The van der Waals surface area contributed by atoms with Crippen LogP contribution in [-0.4, -0.2) is 33.4 Å². The van der Waals surface area contributed by atoms with Gasteiger partial charge in [0.25, 0.3) is 0 Å². The van der Waals surface area contributed by atoms with Crippen LogP contribution in [-0.2, 0) is 0 Å². The minimum Gasteiger partial charge on any atom is -0.378 e. The first-order chi connectivity index (χ1) is 12.2. The fraction of sp³-hybridized carbons (Fsp3) is 0.105. The van der Waals surface area contributed by atoms with Crippen molar-refractivity contribution in [3.05, 3.63) is 67.4 Å². The number of pyridine rings is 1.